The van der Waals surface area contributed by atoms with Gasteiger partial charge in [-0.1, -0.05) is 42.5 Å². The van der Waals surface area contributed by atoms with E-state index in [1.54, 1.807) is 13.2 Å². The Bertz CT molecular complexity index is 898. The molecule has 3 rings (SSSR count). The van der Waals surface area contributed by atoms with Crippen LogP contribution in [-0.2, 0) is 6.42 Å². The molecule has 0 radical (unpaired) electrons. The lowest BCUT2D eigenvalue weighted by Crippen LogP contribution is -2.26. The zero-order valence-electron chi connectivity index (χ0n) is 16.1. The highest BCUT2D eigenvalue weighted by molar-refractivity contribution is 5.92. The minimum Gasteiger partial charge on any atom is -0.497 e. The van der Waals surface area contributed by atoms with Crippen molar-refractivity contribution >= 4 is 11.7 Å². The standard InChI is InChI=1S/C22H24N4O2/c1-16(18-6-4-3-5-7-18)26-21-14-20(24-15-25-21)22(27)23-13-12-17-8-10-19(28-2)11-9-17/h3-11,14-16H,12-13H2,1-2H3,(H,23,27)(H,24,25,26). The first-order valence-corrected chi connectivity index (χ1v) is 9.20. The third kappa shape index (κ3) is 5.30. The molecule has 0 aliphatic rings. The van der Waals surface area contributed by atoms with Crippen LogP contribution in [0.25, 0.3) is 0 Å². The number of hydrogen-bond acceptors (Lipinski definition) is 5. The Morgan fingerprint density at radius 2 is 1.82 bits per heavy atom. The van der Waals surface area contributed by atoms with Crippen molar-refractivity contribution in [1.29, 1.82) is 0 Å². The van der Waals surface area contributed by atoms with Gasteiger partial charge in [-0.3, -0.25) is 4.79 Å². The van der Waals surface area contributed by atoms with Gasteiger partial charge in [0.2, 0.25) is 0 Å². The summed E-state index contributed by atoms with van der Waals surface area (Å²) in [4.78, 5) is 20.7. The van der Waals surface area contributed by atoms with Crippen LogP contribution in [-0.4, -0.2) is 29.5 Å². The number of nitrogens with zero attached hydrogens (tertiary/aromatic N) is 2. The van der Waals surface area contributed by atoms with E-state index in [4.69, 9.17) is 4.74 Å². The average Bonchev–Trinajstić information content (AvgIpc) is 2.75. The van der Waals surface area contributed by atoms with Crippen LogP contribution in [0.15, 0.2) is 67.0 Å². The molecule has 1 amide bonds. The van der Waals surface area contributed by atoms with E-state index in [1.165, 1.54) is 6.33 Å². The van der Waals surface area contributed by atoms with Crippen LogP contribution in [0.5, 0.6) is 5.75 Å². The lowest BCUT2D eigenvalue weighted by molar-refractivity contribution is 0.0949. The number of methoxy groups -OCH3 is 1. The summed E-state index contributed by atoms with van der Waals surface area (Å²) >= 11 is 0. The number of ether oxygens (including phenoxy) is 1. The summed E-state index contributed by atoms with van der Waals surface area (Å²) < 4.78 is 5.15. The second-order valence-electron chi connectivity index (χ2n) is 6.42. The van der Waals surface area contributed by atoms with E-state index in [1.807, 2.05) is 61.5 Å². The van der Waals surface area contributed by atoms with Crippen LogP contribution in [0.1, 0.15) is 34.6 Å². The second kappa shape index (κ2) is 9.50. The van der Waals surface area contributed by atoms with Gasteiger partial charge in [0.05, 0.1) is 7.11 Å². The first kappa shape index (κ1) is 19.4. The largest absolute Gasteiger partial charge is 0.497 e. The monoisotopic (exact) mass is 376 g/mol. The zero-order valence-corrected chi connectivity index (χ0v) is 16.1. The second-order valence-corrected chi connectivity index (χ2v) is 6.42. The molecule has 0 bridgehead atoms. The molecule has 0 saturated heterocycles. The molecule has 1 aromatic heterocycles. The van der Waals surface area contributed by atoms with Gasteiger partial charge in [0.1, 0.15) is 23.6 Å². The number of rotatable bonds is 8. The van der Waals surface area contributed by atoms with Gasteiger partial charge in [0, 0.05) is 18.7 Å². The summed E-state index contributed by atoms with van der Waals surface area (Å²) in [5.74, 6) is 1.22. The Kier molecular flexibility index (Phi) is 6.57. The number of benzene rings is 2. The normalized spacial score (nSPS) is 11.5. The summed E-state index contributed by atoms with van der Waals surface area (Å²) in [7, 11) is 1.64. The maximum absolute atomic E-state index is 12.4. The molecule has 0 saturated carbocycles. The maximum Gasteiger partial charge on any atom is 0.270 e. The van der Waals surface area contributed by atoms with E-state index in [0.29, 0.717) is 18.1 Å². The molecule has 1 unspecified atom stereocenters. The van der Waals surface area contributed by atoms with Crippen LogP contribution in [0.3, 0.4) is 0 Å². The molecule has 0 aliphatic heterocycles. The summed E-state index contributed by atoms with van der Waals surface area (Å²) in [5, 5.41) is 6.20. The van der Waals surface area contributed by atoms with Gasteiger partial charge in [-0.15, -0.1) is 0 Å². The van der Waals surface area contributed by atoms with E-state index in [2.05, 4.69) is 20.6 Å². The third-order valence-corrected chi connectivity index (χ3v) is 4.42. The van der Waals surface area contributed by atoms with Crippen molar-refractivity contribution in [3.63, 3.8) is 0 Å². The molecule has 1 heterocycles. The molecule has 2 aromatic carbocycles. The number of nitrogens with one attached hydrogen (secondary N) is 2. The molecule has 0 aliphatic carbocycles. The number of carbonyl (C=O) groups excluding carboxylic acids is 1. The fourth-order valence-electron chi connectivity index (χ4n) is 2.81. The summed E-state index contributed by atoms with van der Waals surface area (Å²) in [6.07, 6.45) is 2.13. The van der Waals surface area contributed by atoms with E-state index in [-0.39, 0.29) is 11.9 Å². The molecule has 6 nitrogen and oxygen atoms in total. The smallest absolute Gasteiger partial charge is 0.270 e. The molecule has 28 heavy (non-hydrogen) atoms. The van der Waals surface area contributed by atoms with Crippen LogP contribution in [0, 0.1) is 0 Å². The Labute approximate surface area is 165 Å². The van der Waals surface area contributed by atoms with E-state index >= 15 is 0 Å². The highest BCUT2D eigenvalue weighted by Crippen LogP contribution is 2.17. The van der Waals surface area contributed by atoms with Crippen molar-refractivity contribution in [2.24, 2.45) is 0 Å². The fraction of sp³-hybridized carbons (Fsp3) is 0.227. The van der Waals surface area contributed by atoms with Crippen LogP contribution >= 0.6 is 0 Å². The van der Waals surface area contributed by atoms with Gasteiger partial charge in [-0.25, -0.2) is 9.97 Å². The average molecular weight is 376 g/mol. The van der Waals surface area contributed by atoms with Gasteiger partial charge in [0.25, 0.3) is 5.91 Å². The number of hydrogen-bond donors (Lipinski definition) is 2. The highest BCUT2D eigenvalue weighted by atomic mass is 16.5. The van der Waals surface area contributed by atoms with Gasteiger partial charge >= 0.3 is 0 Å². The molecule has 3 aromatic rings. The lowest BCUT2D eigenvalue weighted by atomic mass is 10.1. The predicted octanol–water partition coefficient (Wildman–Crippen LogP) is 3.63. The minimum absolute atomic E-state index is 0.0714. The Balaban J connectivity index is 1.54. The highest BCUT2D eigenvalue weighted by Gasteiger charge is 2.10. The van der Waals surface area contributed by atoms with Crippen LogP contribution in [0.2, 0.25) is 0 Å². The SMILES string of the molecule is COc1ccc(CCNC(=O)c2cc(NC(C)c3ccccc3)ncn2)cc1. The minimum atomic E-state index is -0.216. The van der Waals surface area contributed by atoms with Crippen molar-refractivity contribution in [3.8, 4) is 5.75 Å². The van der Waals surface area contributed by atoms with Crippen molar-refractivity contribution in [1.82, 2.24) is 15.3 Å². The molecule has 0 fully saturated rings. The Morgan fingerprint density at radius 3 is 2.54 bits per heavy atom. The molecular weight excluding hydrogens is 352 g/mol. The number of carbonyl (C=O) groups is 1. The number of amides is 1. The summed E-state index contributed by atoms with van der Waals surface area (Å²) in [5.41, 5.74) is 2.61. The van der Waals surface area contributed by atoms with Gasteiger partial charge in [0.15, 0.2) is 0 Å². The van der Waals surface area contributed by atoms with E-state index in [0.717, 1.165) is 23.3 Å². The van der Waals surface area contributed by atoms with Gasteiger partial charge in [-0.2, -0.15) is 0 Å². The quantitative estimate of drug-likeness (QED) is 0.628. The van der Waals surface area contributed by atoms with Crippen molar-refractivity contribution < 1.29 is 9.53 Å². The predicted molar refractivity (Wildman–Crippen MR) is 110 cm³/mol. The first-order valence-electron chi connectivity index (χ1n) is 9.20. The van der Waals surface area contributed by atoms with Crippen molar-refractivity contribution in [3.05, 3.63) is 83.8 Å². The van der Waals surface area contributed by atoms with Crippen LogP contribution < -0.4 is 15.4 Å². The first-order chi connectivity index (χ1) is 13.7. The number of aromatic nitrogens is 2. The lowest BCUT2D eigenvalue weighted by Gasteiger charge is -2.15. The molecule has 2 N–H and O–H groups in total. The van der Waals surface area contributed by atoms with E-state index in [9.17, 15) is 4.79 Å². The Hall–Kier alpha value is -3.41. The molecule has 6 heteroatoms. The van der Waals surface area contributed by atoms with Gasteiger partial charge < -0.3 is 15.4 Å². The molecular formula is C22H24N4O2. The molecule has 1 atom stereocenters. The van der Waals surface area contributed by atoms with Crippen LogP contribution in [0.4, 0.5) is 5.82 Å². The molecule has 144 valence electrons. The maximum atomic E-state index is 12.4. The Morgan fingerprint density at radius 1 is 1.07 bits per heavy atom. The third-order valence-electron chi connectivity index (χ3n) is 4.42. The number of anilines is 1. The van der Waals surface area contributed by atoms with Crippen molar-refractivity contribution in [2.45, 2.75) is 19.4 Å². The zero-order chi connectivity index (χ0) is 19.8. The summed E-state index contributed by atoms with van der Waals surface area (Å²) in [6, 6.07) is 19.6. The summed E-state index contributed by atoms with van der Waals surface area (Å²) in [6.45, 7) is 2.57. The van der Waals surface area contributed by atoms with Crippen molar-refractivity contribution in [2.75, 3.05) is 19.0 Å². The van der Waals surface area contributed by atoms with E-state index < -0.39 is 0 Å². The molecule has 0 spiro atoms. The topological polar surface area (TPSA) is 76.1 Å². The fourth-order valence-corrected chi connectivity index (χ4v) is 2.81. The van der Waals surface area contributed by atoms with Gasteiger partial charge in [-0.05, 0) is 36.6 Å².